The number of amides is 1. The summed E-state index contributed by atoms with van der Waals surface area (Å²) in [5.41, 5.74) is 0. The predicted molar refractivity (Wildman–Crippen MR) is 74.4 cm³/mol. The van der Waals surface area contributed by atoms with E-state index in [1.165, 1.54) is 32.1 Å². The molecule has 1 atom stereocenters. The average Bonchev–Trinajstić information content (AvgIpc) is 2.46. The van der Waals surface area contributed by atoms with E-state index >= 15 is 0 Å². The predicted octanol–water partition coefficient (Wildman–Crippen LogP) is 2.41. The highest BCUT2D eigenvalue weighted by Crippen LogP contribution is 2.22. The molecule has 2 saturated heterocycles. The van der Waals surface area contributed by atoms with E-state index in [9.17, 15) is 4.79 Å². The van der Waals surface area contributed by atoms with E-state index in [-0.39, 0.29) is 0 Å². The summed E-state index contributed by atoms with van der Waals surface area (Å²) in [6.45, 7) is 6.54. The van der Waals surface area contributed by atoms with Crippen molar-refractivity contribution in [1.29, 1.82) is 0 Å². The van der Waals surface area contributed by atoms with Gasteiger partial charge >= 0.3 is 0 Å². The Morgan fingerprint density at radius 1 is 1.22 bits per heavy atom. The first-order valence-corrected chi connectivity index (χ1v) is 7.78. The van der Waals surface area contributed by atoms with Crippen molar-refractivity contribution in [2.24, 2.45) is 11.8 Å². The molecule has 1 amide bonds. The SMILES string of the molecule is CCC1CCCN(C(=O)CCC2CCNCC2)C1. The van der Waals surface area contributed by atoms with Gasteiger partial charge in [-0.1, -0.05) is 13.3 Å². The Morgan fingerprint density at radius 3 is 2.72 bits per heavy atom. The molecule has 0 saturated carbocycles. The lowest BCUT2D eigenvalue weighted by Crippen LogP contribution is -2.40. The number of piperidine rings is 2. The van der Waals surface area contributed by atoms with Gasteiger partial charge in [0, 0.05) is 19.5 Å². The van der Waals surface area contributed by atoms with Crippen molar-refractivity contribution in [3.63, 3.8) is 0 Å². The molecule has 2 heterocycles. The third-order valence-electron chi connectivity index (χ3n) is 4.67. The van der Waals surface area contributed by atoms with Gasteiger partial charge in [0.1, 0.15) is 0 Å². The molecule has 104 valence electrons. The molecule has 0 aromatic rings. The lowest BCUT2D eigenvalue weighted by Gasteiger charge is -2.33. The van der Waals surface area contributed by atoms with Crippen LogP contribution in [0, 0.1) is 11.8 Å². The summed E-state index contributed by atoms with van der Waals surface area (Å²) >= 11 is 0. The number of carbonyl (C=O) groups excluding carboxylic acids is 1. The Morgan fingerprint density at radius 2 is 2.00 bits per heavy atom. The summed E-state index contributed by atoms with van der Waals surface area (Å²) in [5.74, 6) is 1.94. The Balaban J connectivity index is 1.70. The molecule has 2 fully saturated rings. The van der Waals surface area contributed by atoms with Crippen molar-refractivity contribution >= 4 is 5.91 Å². The van der Waals surface area contributed by atoms with Gasteiger partial charge in [-0.2, -0.15) is 0 Å². The first-order valence-electron chi connectivity index (χ1n) is 7.78. The van der Waals surface area contributed by atoms with Gasteiger partial charge in [0.15, 0.2) is 0 Å². The van der Waals surface area contributed by atoms with Gasteiger partial charge in [-0.3, -0.25) is 4.79 Å². The van der Waals surface area contributed by atoms with Crippen molar-refractivity contribution in [2.75, 3.05) is 26.2 Å². The van der Waals surface area contributed by atoms with Crippen molar-refractivity contribution in [3.05, 3.63) is 0 Å². The Kier molecular flexibility index (Phi) is 5.48. The minimum Gasteiger partial charge on any atom is -0.342 e. The van der Waals surface area contributed by atoms with Crippen LogP contribution < -0.4 is 5.32 Å². The highest BCUT2D eigenvalue weighted by atomic mass is 16.2. The summed E-state index contributed by atoms with van der Waals surface area (Å²) in [5, 5.41) is 3.38. The summed E-state index contributed by atoms with van der Waals surface area (Å²) in [6, 6.07) is 0. The zero-order chi connectivity index (χ0) is 12.8. The maximum Gasteiger partial charge on any atom is 0.222 e. The minimum atomic E-state index is 0.409. The summed E-state index contributed by atoms with van der Waals surface area (Å²) in [6.07, 6.45) is 8.13. The minimum absolute atomic E-state index is 0.409. The number of likely N-dealkylation sites (tertiary alicyclic amines) is 1. The van der Waals surface area contributed by atoms with Gasteiger partial charge in [-0.15, -0.1) is 0 Å². The van der Waals surface area contributed by atoms with Crippen molar-refractivity contribution < 1.29 is 4.79 Å². The molecular weight excluding hydrogens is 224 g/mol. The number of rotatable bonds is 4. The van der Waals surface area contributed by atoms with Crippen LogP contribution in [0.1, 0.15) is 51.9 Å². The molecule has 0 spiro atoms. The third-order valence-corrected chi connectivity index (χ3v) is 4.67. The lowest BCUT2D eigenvalue weighted by molar-refractivity contribution is -0.133. The molecule has 0 aliphatic carbocycles. The standard InChI is InChI=1S/C15H28N2O/c1-2-13-4-3-11-17(12-13)15(18)6-5-14-7-9-16-10-8-14/h13-14,16H,2-12H2,1H3. The van der Waals surface area contributed by atoms with Gasteiger partial charge in [-0.05, 0) is 57.0 Å². The zero-order valence-electron chi connectivity index (χ0n) is 11.8. The molecule has 18 heavy (non-hydrogen) atoms. The average molecular weight is 252 g/mol. The van der Waals surface area contributed by atoms with E-state index in [1.54, 1.807) is 0 Å². The zero-order valence-corrected chi connectivity index (χ0v) is 11.8. The van der Waals surface area contributed by atoms with Crippen LogP contribution in [0.4, 0.5) is 0 Å². The normalized spacial score (nSPS) is 26.3. The molecule has 1 unspecified atom stereocenters. The maximum absolute atomic E-state index is 12.2. The fourth-order valence-corrected chi connectivity index (χ4v) is 3.28. The van der Waals surface area contributed by atoms with Crippen molar-refractivity contribution in [1.82, 2.24) is 10.2 Å². The van der Waals surface area contributed by atoms with E-state index < -0.39 is 0 Å². The first-order chi connectivity index (χ1) is 8.79. The van der Waals surface area contributed by atoms with Crippen LogP contribution in [-0.4, -0.2) is 37.0 Å². The molecule has 0 radical (unpaired) electrons. The number of hydrogen-bond donors (Lipinski definition) is 1. The second kappa shape index (κ2) is 7.13. The van der Waals surface area contributed by atoms with E-state index in [2.05, 4.69) is 17.1 Å². The second-order valence-corrected chi connectivity index (χ2v) is 5.99. The molecule has 1 N–H and O–H groups in total. The topological polar surface area (TPSA) is 32.3 Å². The van der Waals surface area contributed by atoms with Gasteiger partial charge in [0.05, 0.1) is 0 Å². The van der Waals surface area contributed by atoms with Gasteiger partial charge in [0.2, 0.25) is 5.91 Å². The maximum atomic E-state index is 12.2. The third kappa shape index (κ3) is 3.98. The quantitative estimate of drug-likeness (QED) is 0.833. The molecular formula is C15H28N2O. The largest absolute Gasteiger partial charge is 0.342 e. The molecule has 3 heteroatoms. The van der Waals surface area contributed by atoms with Crippen LogP contribution in [0.25, 0.3) is 0 Å². The van der Waals surface area contributed by atoms with Crippen molar-refractivity contribution in [2.45, 2.75) is 51.9 Å². The van der Waals surface area contributed by atoms with Crippen molar-refractivity contribution in [3.8, 4) is 0 Å². The fraction of sp³-hybridized carbons (Fsp3) is 0.933. The van der Waals surface area contributed by atoms with Crippen LogP contribution >= 0.6 is 0 Å². The first kappa shape index (κ1) is 13.9. The van der Waals surface area contributed by atoms with Crippen LogP contribution in [0.15, 0.2) is 0 Å². The van der Waals surface area contributed by atoms with Gasteiger partial charge in [0.25, 0.3) is 0 Å². The molecule has 0 aromatic carbocycles. The Bertz CT molecular complexity index is 261. The van der Waals surface area contributed by atoms with Gasteiger partial charge < -0.3 is 10.2 Å². The van der Waals surface area contributed by atoms with Crippen LogP contribution in [0.2, 0.25) is 0 Å². The fourth-order valence-electron chi connectivity index (χ4n) is 3.28. The van der Waals surface area contributed by atoms with Crippen LogP contribution in [-0.2, 0) is 4.79 Å². The number of nitrogens with one attached hydrogen (secondary N) is 1. The molecule has 2 rings (SSSR count). The summed E-state index contributed by atoms with van der Waals surface area (Å²) < 4.78 is 0. The molecule has 2 aliphatic heterocycles. The van der Waals surface area contributed by atoms with Gasteiger partial charge in [-0.25, -0.2) is 0 Å². The molecule has 0 aromatic heterocycles. The highest BCUT2D eigenvalue weighted by Gasteiger charge is 2.23. The Hall–Kier alpha value is -0.570. The van der Waals surface area contributed by atoms with E-state index in [1.807, 2.05) is 0 Å². The van der Waals surface area contributed by atoms with Crippen LogP contribution in [0.5, 0.6) is 0 Å². The van der Waals surface area contributed by atoms with E-state index in [0.717, 1.165) is 50.9 Å². The molecule has 2 aliphatic rings. The highest BCUT2D eigenvalue weighted by molar-refractivity contribution is 5.76. The summed E-state index contributed by atoms with van der Waals surface area (Å²) in [4.78, 5) is 14.3. The second-order valence-electron chi connectivity index (χ2n) is 5.99. The van der Waals surface area contributed by atoms with Crippen LogP contribution in [0.3, 0.4) is 0 Å². The lowest BCUT2D eigenvalue weighted by atomic mass is 9.92. The Labute approximate surface area is 111 Å². The number of carbonyl (C=O) groups is 1. The molecule has 0 bridgehead atoms. The number of hydrogen-bond acceptors (Lipinski definition) is 2. The summed E-state index contributed by atoms with van der Waals surface area (Å²) in [7, 11) is 0. The molecule has 3 nitrogen and oxygen atoms in total. The van der Waals surface area contributed by atoms with E-state index in [4.69, 9.17) is 0 Å². The van der Waals surface area contributed by atoms with E-state index in [0.29, 0.717) is 5.91 Å². The smallest absolute Gasteiger partial charge is 0.222 e. The monoisotopic (exact) mass is 252 g/mol. The number of nitrogens with zero attached hydrogens (tertiary/aromatic N) is 1.